The molecule has 0 aliphatic rings. The van der Waals surface area contributed by atoms with Gasteiger partial charge in [0.25, 0.3) is 10.8 Å². The van der Waals surface area contributed by atoms with Crippen molar-refractivity contribution in [2.75, 3.05) is 0 Å². The van der Waals surface area contributed by atoms with E-state index in [0.717, 1.165) is 11.3 Å². The summed E-state index contributed by atoms with van der Waals surface area (Å²) >= 11 is 2.84. The summed E-state index contributed by atoms with van der Waals surface area (Å²) < 4.78 is 7.28. The van der Waals surface area contributed by atoms with Gasteiger partial charge in [0.1, 0.15) is 0 Å². The number of benzene rings is 1. The number of nitrogens with zero attached hydrogens (tertiary/aromatic N) is 4. The van der Waals surface area contributed by atoms with Gasteiger partial charge in [-0.05, 0) is 12.5 Å². The Kier molecular flexibility index (Phi) is 4.37. The third-order valence-electron chi connectivity index (χ3n) is 3.62. The van der Waals surface area contributed by atoms with Gasteiger partial charge in [-0.2, -0.15) is 0 Å². The lowest BCUT2D eigenvalue weighted by molar-refractivity contribution is 0.420. The second kappa shape index (κ2) is 6.81. The maximum absolute atomic E-state index is 12.2. The molecule has 0 saturated carbocycles. The molecule has 4 rings (SSSR count). The fourth-order valence-corrected chi connectivity index (χ4v) is 4.01. The average molecular weight is 370 g/mol. The number of hydrogen-bond donors (Lipinski definition) is 0. The summed E-state index contributed by atoms with van der Waals surface area (Å²) in [6, 6.07) is 11.5. The highest BCUT2D eigenvalue weighted by molar-refractivity contribution is 7.98. The molecule has 0 bridgehead atoms. The summed E-state index contributed by atoms with van der Waals surface area (Å²) in [4.78, 5) is 17.4. The van der Waals surface area contributed by atoms with Gasteiger partial charge in [0.05, 0.1) is 12.1 Å². The normalized spacial score (nSPS) is 11.2. The molecule has 0 unspecified atom stereocenters. The van der Waals surface area contributed by atoms with Crippen molar-refractivity contribution in [3.05, 3.63) is 75.0 Å². The summed E-state index contributed by atoms with van der Waals surface area (Å²) in [7, 11) is 0. The Bertz CT molecular complexity index is 1070. The Morgan fingerprint density at radius 3 is 2.92 bits per heavy atom. The van der Waals surface area contributed by atoms with Crippen LogP contribution in [0.4, 0.5) is 0 Å². The van der Waals surface area contributed by atoms with Crippen molar-refractivity contribution >= 4 is 28.1 Å². The Morgan fingerprint density at radius 2 is 2.08 bits per heavy atom. The van der Waals surface area contributed by atoms with Crippen molar-refractivity contribution in [1.82, 2.24) is 19.6 Å². The first-order valence-corrected chi connectivity index (χ1v) is 9.51. The van der Waals surface area contributed by atoms with Crippen LogP contribution in [-0.4, -0.2) is 19.6 Å². The highest BCUT2D eigenvalue weighted by Gasteiger charge is 2.10. The topological polar surface area (TPSA) is 73.3 Å². The molecular weight excluding hydrogens is 356 g/mol. The molecule has 1 aromatic carbocycles. The fourth-order valence-electron chi connectivity index (χ4n) is 2.45. The molecule has 0 aliphatic heterocycles. The number of hydrogen-bond acceptors (Lipinski definition) is 7. The van der Waals surface area contributed by atoms with Crippen molar-refractivity contribution in [3.8, 4) is 0 Å². The summed E-state index contributed by atoms with van der Waals surface area (Å²) in [5.74, 6) is 1.08. The van der Waals surface area contributed by atoms with Gasteiger partial charge in [-0.3, -0.25) is 9.20 Å². The van der Waals surface area contributed by atoms with E-state index in [1.54, 1.807) is 10.5 Å². The van der Waals surface area contributed by atoms with Gasteiger partial charge in [0, 0.05) is 22.9 Å². The molecule has 4 aromatic rings. The maximum atomic E-state index is 12.2. The quantitative estimate of drug-likeness (QED) is 0.502. The van der Waals surface area contributed by atoms with Gasteiger partial charge in [-0.15, -0.1) is 21.5 Å². The summed E-state index contributed by atoms with van der Waals surface area (Å²) in [6.07, 6.45) is 0.606. The van der Waals surface area contributed by atoms with Crippen molar-refractivity contribution in [1.29, 1.82) is 0 Å². The number of aromatic nitrogens is 4. The number of fused-ring (bicyclic) bond motifs is 1. The Balaban J connectivity index is 1.46. The zero-order chi connectivity index (χ0) is 17.2. The van der Waals surface area contributed by atoms with Gasteiger partial charge in [-0.25, -0.2) is 4.98 Å². The van der Waals surface area contributed by atoms with E-state index in [9.17, 15) is 4.79 Å². The monoisotopic (exact) mass is 370 g/mol. The van der Waals surface area contributed by atoms with Gasteiger partial charge in [0.15, 0.2) is 4.96 Å². The zero-order valence-corrected chi connectivity index (χ0v) is 15.0. The summed E-state index contributed by atoms with van der Waals surface area (Å²) in [5.41, 5.74) is 2.67. The van der Waals surface area contributed by atoms with Crippen LogP contribution in [0.1, 0.15) is 22.8 Å². The van der Waals surface area contributed by atoms with Crippen LogP contribution in [0.25, 0.3) is 4.96 Å². The van der Waals surface area contributed by atoms with E-state index in [2.05, 4.69) is 15.2 Å². The van der Waals surface area contributed by atoms with Gasteiger partial charge >= 0.3 is 0 Å². The van der Waals surface area contributed by atoms with Crippen LogP contribution in [0.5, 0.6) is 0 Å². The SMILES string of the molecule is Cc1csc2nc(CSc3nnc(Cc4ccccc4)o3)cc(=O)n12. The minimum atomic E-state index is -0.0605. The molecule has 3 aromatic heterocycles. The van der Waals surface area contributed by atoms with E-state index >= 15 is 0 Å². The molecule has 0 N–H and O–H groups in total. The molecule has 0 radical (unpaired) electrons. The summed E-state index contributed by atoms with van der Waals surface area (Å²) in [6.45, 7) is 1.90. The fraction of sp³-hybridized carbons (Fsp3) is 0.176. The molecule has 6 nitrogen and oxygen atoms in total. The van der Waals surface area contributed by atoms with Crippen LogP contribution in [0, 0.1) is 6.92 Å². The van der Waals surface area contributed by atoms with E-state index in [1.165, 1.54) is 23.1 Å². The Morgan fingerprint density at radius 1 is 1.24 bits per heavy atom. The van der Waals surface area contributed by atoms with E-state index in [1.807, 2.05) is 42.6 Å². The first-order valence-electron chi connectivity index (χ1n) is 7.65. The van der Waals surface area contributed by atoms with Crippen molar-refractivity contribution in [2.24, 2.45) is 0 Å². The van der Waals surface area contributed by atoms with Crippen molar-refractivity contribution in [3.63, 3.8) is 0 Å². The lowest BCUT2D eigenvalue weighted by atomic mass is 10.2. The second-order valence-corrected chi connectivity index (χ2v) is 7.26. The van der Waals surface area contributed by atoms with Crippen LogP contribution < -0.4 is 5.56 Å². The summed E-state index contributed by atoms with van der Waals surface area (Å²) in [5, 5.41) is 10.5. The molecule has 0 aliphatic carbocycles. The van der Waals surface area contributed by atoms with E-state index in [0.29, 0.717) is 33.9 Å². The minimum absolute atomic E-state index is 0.0605. The highest BCUT2D eigenvalue weighted by Crippen LogP contribution is 2.22. The molecule has 0 spiro atoms. The lowest BCUT2D eigenvalue weighted by Crippen LogP contribution is -2.14. The van der Waals surface area contributed by atoms with E-state index in [4.69, 9.17) is 4.42 Å². The highest BCUT2D eigenvalue weighted by atomic mass is 32.2. The second-order valence-electron chi connectivity index (χ2n) is 5.49. The predicted molar refractivity (Wildman–Crippen MR) is 97.2 cm³/mol. The van der Waals surface area contributed by atoms with Crippen molar-refractivity contribution < 1.29 is 4.42 Å². The molecule has 0 fully saturated rings. The van der Waals surface area contributed by atoms with Gasteiger partial charge in [0.2, 0.25) is 5.89 Å². The van der Waals surface area contributed by atoms with Crippen LogP contribution in [-0.2, 0) is 12.2 Å². The maximum Gasteiger partial charge on any atom is 0.276 e. The number of thiazole rings is 1. The largest absolute Gasteiger partial charge is 0.416 e. The molecule has 0 saturated heterocycles. The van der Waals surface area contributed by atoms with Crippen LogP contribution in [0.2, 0.25) is 0 Å². The zero-order valence-electron chi connectivity index (χ0n) is 13.4. The average Bonchev–Trinajstić information content (AvgIpc) is 3.21. The lowest BCUT2D eigenvalue weighted by Gasteiger charge is -1.99. The van der Waals surface area contributed by atoms with E-state index < -0.39 is 0 Å². The minimum Gasteiger partial charge on any atom is -0.416 e. The third kappa shape index (κ3) is 3.49. The van der Waals surface area contributed by atoms with Crippen molar-refractivity contribution in [2.45, 2.75) is 24.3 Å². The first-order chi connectivity index (χ1) is 12.2. The molecular formula is C17H14N4O2S2. The van der Waals surface area contributed by atoms with Gasteiger partial charge < -0.3 is 4.42 Å². The van der Waals surface area contributed by atoms with E-state index in [-0.39, 0.29) is 5.56 Å². The predicted octanol–water partition coefficient (Wildman–Crippen LogP) is 3.33. The number of aryl methyl sites for hydroxylation is 1. The van der Waals surface area contributed by atoms with Crippen LogP contribution >= 0.6 is 23.1 Å². The first kappa shape index (κ1) is 16.0. The molecule has 126 valence electrons. The molecule has 0 amide bonds. The molecule has 25 heavy (non-hydrogen) atoms. The smallest absolute Gasteiger partial charge is 0.276 e. The number of thioether (sulfide) groups is 1. The van der Waals surface area contributed by atoms with Crippen LogP contribution in [0.3, 0.4) is 0 Å². The Hall–Kier alpha value is -2.45. The molecule has 3 heterocycles. The van der Waals surface area contributed by atoms with Crippen LogP contribution in [0.15, 0.2) is 56.2 Å². The Labute approximate surface area is 151 Å². The molecule has 0 atom stereocenters. The van der Waals surface area contributed by atoms with Gasteiger partial charge in [-0.1, -0.05) is 42.1 Å². The molecule has 8 heteroatoms. The third-order valence-corrected chi connectivity index (χ3v) is 5.41. The number of rotatable bonds is 5. The standard InChI is InChI=1S/C17H14N4O2S2/c1-11-9-24-16-18-13(8-15(22)21(11)16)10-25-17-20-19-14(23-17)7-12-5-3-2-4-6-12/h2-6,8-9H,7,10H2,1H3.